The number of Topliss-reactive ketones (excluding diaryl/α,β-unsaturated/α-hetero) is 1. The second-order valence-corrected chi connectivity index (χ2v) is 9.35. The van der Waals surface area contributed by atoms with Crippen LogP contribution < -0.4 is 19.1 Å². The van der Waals surface area contributed by atoms with Gasteiger partial charge < -0.3 is 19.3 Å². The highest BCUT2D eigenvalue weighted by Gasteiger charge is 2.47. The number of ketones is 1. The molecule has 0 spiro atoms. The first-order chi connectivity index (χ1) is 19.0. The molecule has 2 aliphatic heterocycles. The second kappa shape index (κ2) is 10.0. The van der Waals surface area contributed by atoms with Crippen molar-refractivity contribution < 1.29 is 28.9 Å². The normalized spacial score (nSPS) is 17.8. The van der Waals surface area contributed by atoms with Crippen LogP contribution in [-0.2, 0) is 9.59 Å². The van der Waals surface area contributed by atoms with Crippen LogP contribution in [0.3, 0.4) is 0 Å². The third-order valence-corrected chi connectivity index (χ3v) is 6.69. The molecule has 0 aromatic heterocycles. The molecule has 4 aromatic rings. The summed E-state index contributed by atoms with van der Waals surface area (Å²) in [5.41, 5.74) is 2.43. The molecule has 194 valence electrons. The van der Waals surface area contributed by atoms with E-state index in [4.69, 9.17) is 14.2 Å². The highest BCUT2D eigenvalue weighted by Crippen LogP contribution is 2.44. The van der Waals surface area contributed by atoms with Crippen LogP contribution >= 0.6 is 0 Å². The van der Waals surface area contributed by atoms with Crippen molar-refractivity contribution in [2.24, 2.45) is 0 Å². The average molecular weight is 520 g/mol. The largest absolute Gasteiger partial charge is 0.507 e. The first kappa shape index (κ1) is 24.3. The van der Waals surface area contributed by atoms with Crippen molar-refractivity contribution in [1.29, 1.82) is 0 Å². The zero-order valence-corrected chi connectivity index (χ0v) is 21.2. The number of fused-ring (bicyclic) bond motifs is 1. The molecule has 6 rings (SSSR count). The maximum absolute atomic E-state index is 13.5. The lowest BCUT2D eigenvalue weighted by Crippen LogP contribution is -2.29. The highest BCUT2D eigenvalue weighted by molar-refractivity contribution is 6.51. The molecule has 7 heteroatoms. The van der Waals surface area contributed by atoms with Gasteiger partial charge in [0.05, 0.1) is 11.6 Å². The van der Waals surface area contributed by atoms with E-state index < -0.39 is 17.7 Å². The molecule has 0 bridgehead atoms. The fraction of sp³-hybridized carbons (Fsp3) is 0.125. The minimum Gasteiger partial charge on any atom is -0.507 e. The number of amides is 1. The molecule has 1 atom stereocenters. The van der Waals surface area contributed by atoms with E-state index in [1.54, 1.807) is 42.5 Å². The summed E-state index contributed by atoms with van der Waals surface area (Å²) in [5.74, 6) is 0.419. The van der Waals surface area contributed by atoms with Gasteiger partial charge in [-0.05, 0) is 72.6 Å². The van der Waals surface area contributed by atoms with Gasteiger partial charge in [0, 0.05) is 11.3 Å². The van der Waals surface area contributed by atoms with E-state index in [9.17, 15) is 14.7 Å². The summed E-state index contributed by atoms with van der Waals surface area (Å²) in [5, 5.41) is 11.5. The Morgan fingerprint density at radius 2 is 1.56 bits per heavy atom. The summed E-state index contributed by atoms with van der Waals surface area (Å²) < 4.78 is 17.3. The van der Waals surface area contributed by atoms with Gasteiger partial charge in [-0.25, -0.2) is 0 Å². The lowest BCUT2D eigenvalue weighted by molar-refractivity contribution is -0.132. The summed E-state index contributed by atoms with van der Waals surface area (Å²) in [6.45, 7) is 2.73. The summed E-state index contributed by atoms with van der Waals surface area (Å²) in [6.07, 6.45) is 0. The summed E-state index contributed by atoms with van der Waals surface area (Å²) >= 11 is 0. The van der Waals surface area contributed by atoms with Crippen LogP contribution in [0.2, 0.25) is 0 Å². The summed E-state index contributed by atoms with van der Waals surface area (Å²) in [4.78, 5) is 28.5. The third-order valence-electron chi connectivity index (χ3n) is 6.69. The van der Waals surface area contributed by atoms with E-state index in [1.165, 1.54) is 4.90 Å². The molecule has 1 saturated heterocycles. The van der Waals surface area contributed by atoms with Crippen molar-refractivity contribution in [2.45, 2.75) is 13.0 Å². The molecular weight excluding hydrogens is 494 g/mol. The zero-order chi connectivity index (χ0) is 26.9. The Morgan fingerprint density at radius 1 is 0.821 bits per heavy atom. The van der Waals surface area contributed by atoms with E-state index in [0.29, 0.717) is 53.0 Å². The van der Waals surface area contributed by atoms with Crippen molar-refractivity contribution in [3.63, 3.8) is 0 Å². The Kier molecular flexibility index (Phi) is 6.25. The van der Waals surface area contributed by atoms with Crippen LogP contribution in [0.1, 0.15) is 22.7 Å². The molecule has 1 N–H and O–H groups in total. The van der Waals surface area contributed by atoms with Crippen LogP contribution in [-0.4, -0.2) is 30.0 Å². The lowest BCUT2D eigenvalue weighted by Gasteiger charge is -2.26. The third kappa shape index (κ3) is 4.59. The van der Waals surface area contributed by atoms with Crippen LogP contribution in [0.4, 0.5) is 5.69 Å². The number of nitrogens with zero attached hydrogens (tertiary/aromatic N) is 1. The van der Waals surface area contributed by atoms with Gasteiger partial charge in [-0.2, -0.15) is 0 Å². The molecule has 0 aliphatic carbocycles. The Bertz CT molecular complexity index is 1610. The summed E-state index contributed by atoms with van der Waals surface area (Å²) in [7, 11) is 0. The monoisotopic (exact) mass is 519 g/mol. The number of rotatable bonds is 5. The SMILES string of the molecule is Cc1cccc(N2C(=O)C(=O)/C(=C(\O)c3ccc4c(c3)OCCO4)C2c2cccc(Oc3ccccc3)c2)c1. The number of ether oxygens (including phenoxy) is 3. The van der Waals surface area contributed by atoms with Gasteiger partial charge in [0.1, 0.15) is 30.5 Å². The Balaban J connectivity index is 1.50. The highest BCUT2D eigenvalue weighted by atomic mass is 16.6. The number of para-hydroxylation sites is 1. The Hall–Kier alpha value is -5.04. The quantitative estimate of drug-likeness (QED) is 0.192. The maximum Gasteiger partial charge on any atom is 0.300 e. The van der Waals surface area contributed by atoms with E-state index in [0.717, 1.165) is 5.56 Å². The van der Waals surface area contributed by atoms with E-state index in [-0.39, 0.29) is 11.3 Å². The Morgan fingerprint density at radius 3 is 2.36 bits per heavy atom. The lowest BCUT2D eigenvalue weighted by atomic mass is 9.94. The number of aliphatic hydroxyl groups excluding tert-OH is 1. The number of hydrogen-bond donors (Lipinski definition) is 1. The van der Waals surface area contributed by atoms with Gasteiger partial charge in [0.15, 0.2) is 11.5 Å². The van der Waals surface area contributed by atoms with Gasteiger partial charge in [-0.3, -0.25) is 14.5 Å². The number of anilines is 1. The van der Waals surface area contributed by atoms with Crippen molar-refractivity contribution in [2.75, 3.05) is 18.1 Å². The molecule has 4 aromatic carbocycles. The van der Waals surface area contributed by atoms with Gasteiger partial charge in [0.2, 0.25) is 0 Å². The van der Waals surface area contributed by atoms with E-state index in [1.807, 2.05) is 61.5 Å². The molecule has 0 radical (unpaired) electrons. The number of carbonyl (C=O) groups is 2. The molecule has 0 saturated carbocycles. The minimum atomic E-state index is -0.890. The number of benzene rings is 4. The van der Waals surface area contributed by atoms with Crippen molar-refractivity contribution in [1.82, 2.24) is 0 Å². The standard InChI is InChI=1S/C32H25NO6/c1-20-7-5-9-23(17-20)33-29(21-8-6-12-25(18-21)39-24-10-3-2-4-11-24)28(31(35)32(33)36)30(34)22-13-14-26-27(19-22)38-16-15-37-26/h2-14,17-19,29,34H,15-16H2,1H3/b30-28-. The predicted molar refractivity (Wildman–Crippen MR) is 146 cm³/mol. The van der Waals surface area contributed by atoms with Crippen LogP contribution in [0.15, 0.2) is 103 Å². The molecule has 39 heavy (non-hydrogen) atoms. The molecular formula is C32H25NO6. The first-order valence-corrected chi connectivity index (χ1v) is 12.6. The van der Waals surface area contributed by atoms with Crippen LogP contribution in [0.5, 0.6) is 23.0 Å². The maximum atomic E-state index is 13.5. The molecule has 2 heterocycles. The van der Waals surface area contributed by atoms with E-state index >= 15 is 0 Å². The fourth-order valence-corrected chi connectivity index (χ4v) is 4.91. The van der Waals surface area contributed by atoms with Gasteiger partial charge >= 0.3 is 0 Å². The minimum absolute atomic E-state index is 0.0185. The van der Waals surface area contributed by atoms with E-state index in [2.05, 4.69) is 0 Å². The number of aliphatic hydroxyl groups is 1. The number of hydrogen-bond acceptors (Lipinski definition) is 6. The van der Waals surface area contributed by atoms with Crippen LogP contribution in [0, 0.1) is 6.92 Å². The molecule has 1 amide bonds. The number of carbonyl (C=O) groups excluding carboxylic acids is 2. The van der Waals surface area contributed by atoms with Crippen LogP contribution in [0.25, 0.3) is 5.76 Å². The average Bonchev–Trinajstić information content (AvgIpc) is 3.23. The van der Waals surface area contributed by atoms with Gasteiger partial charge in [-0.1, -0.05) is 42.5 Å². The predicted octanol–water partition coefficient (Wildman–Crippen LogP) is 6.18. The Labute approximate surface area is 225 Å². The van der Waals surface area contributed by atoms with Crippen molar-refractivity contribution >= 4 is 23.1 Å². The molecule has 7 nitrogen and oxygen atoms in total. The number of aryl methyl sites for hydroxylation is 1. The molecule has 2 aliphatic rings. The van der Waals surface area contributed by atoms with Gasteiger partial charge in [0.25, 0.3) is 11.7 Å². The molecule has 1 fully saturated rings. The second-order valence-electron chi connectivity index (χ2n) is 9.35. The van der Waals surface area contributed by atoms with Crippen molar-refractivity contribution in [3.05, 3.63) is 119 Å². The fourth-order valence-electron chi connectivity index (χ4n) is 4.91. The zero-order valence-electron chi connectivity index (χ0n) is 21.2. The van der Waals surface area contributed by atoms with Gasteiger partial charge in [-0.15, -0.1) is 0 Å². The molecule has 1 unspecified atom stereocenters. The first-order valence-electron chi connectivity index (χ1n) is 12.6. The smallest absolute Gasteiger partial charge is 0.300 e. The summed E-state index contributed by atoms with van der Waals surface area (Å²) in [6, 6.07) is 28.0. The topological polar surface area (TPSA) is 85.3 Å². The van der Waals surface area contributed by atoms with Crippen molar-refractivity contribution in [3.8, 4) is 23.0 Å².